The van der Waals surface area contributed by atoms with Gasteiger partial charge < -0.3 is 8.83 Å². The molecule has 11 rings (SSSR count). The van der Waals surface area contributed by atoms with Gasteiger partial charge in [-0.1, -0.05) is 133 Å². The Morgan fingerprint density at radius 2 is 0.786 bits per heavy atom. The average molecular weight is 719 g/mol. The molecule has 56 heavy (non-hydrogen) atoms. The van der Waals surface area contributed by atoms with Crippen LogP contribution in [0.1, 0.15) is 0 Å². The van der Waals surface area contributed by atoms with Crippen LogP contribution in [0, 0.1) is 0 Å². The number of pyridine rings is 1. The lowest BCUT2D eigenvalue weighted by atomic mass is 9.94. The molecule has 0 amide bonds. The van der Waals surface area contributed by atoms with E-state index in [1.165, 1.54) is 0 Å². The molecule has 0 saturated heterocycles. The van der Waals surface area contributed by atoms with Gasteiger partial charge in [-0.05, 0) is 58.7 Å². The maximum Gasteiger partial charge on any atom is 0.164 e. The molecule has 7 aromatic carbocycles. The lowest BCUT2D eigenvalue weighted by molar-refractivity contribution is 0.670. The summed E-state index contributed by atoms with van der Waals surface area (Å²) in [5, 5.41) is 4.29. The second kappa shape index (κ2) is 13.0. The second-order valence-electron chi connectivity index (χ2n) is 13.9. The Morgan fingerprint density at radius 1 is 0.321 bits per heavy atom. The fourth-order valence-electron chi connectivity index (χ4n) is 7.71. The van der Waals surface area contributed by atoms with Crippen molar-refractivity contribution in [1.82, 2.24) is 19.9 Å². The standard InChI is InChI=1S/C50H30N4O2/c1-2-11-32(12-3-1)48-52-49(33-24-22-31(23-25-33)34-13-10-26-51-30-34)54-50(53-48)37-28-35(38-16-8-18-42-40-14-4-6-20-44(40)55-46(38)42)27-36(29-37)39-17-9-19-43-41-15-5-7-21-45(41)56-47(39)43/h1-30H. The van der Waals surface area contributed by atoms with E-state index < -0.39 is 0 Å². The first kappa shape index (κ1) is 31.8. The number of para-hydroxylation sites is 4. The predicted octanol–water partition coefficient (Wildman–Crippen LogP) is 13.1. The highest BCUT2D eigenvalue weighted by Crippen LogP contribution is 2.42. The molecule has 6 heteroatoms. The molecule has 6 nitrogen and oxygen atoms in total. The van der Waals surface area contributed by atoms with Crippen molar-refractivity contribution in [3.8, 4) is 67.5 Å². The minimum atomic E-state index is 0.557. The fraction of sp³-hybridized carbons (Fsp3) is 0. The molecular weight excluding hydrogens is 689 g/mol. The summed E-state index contributed by atoms with van der Waals surface area (Å²) >= 11 is 0. The van der Waals surface area contributed by atoms with Gasteiger partial charge in [-0.2, -0.15) is 0 Å². The van der Waals surface area contributed by atoms with Crippen LogP contribution in [0.5, 0.6) is 0 Å². The first-order valence-electron chi connectivity index (χ1n) is 18.5. The van der Waals surface area contributed by atoms with E-state index in [9.17, 15) is 0 Å². The van der Waals surface area contributed by atoms with Gasteiger partial charge in [-0.25, -0.2) is 15.0 Å². The van der Waals surface area contributed by atoms with Crippen LogP contribution in [0.25, 0.3) is 111 Å². The van der Waals surface area contributed by atoms with Gasteiger partial charge in [-0.15, -0.1) is 0 Å². The zero-order valence-electron chi connectivity index (χ0n) is 29.9. The monoisotopic (exact) mass is 718 g/mol. The Labute approximate surface area is 321 Å². The quantitative estimate of drug-likeness (QED) is 0.170. The smallest absolute Gasteiger partial charge is 0.164 e. The molecule has 4 heterocycles. The molecule has 0 atom stereocenters. The summed E-state index contributed by atoms with van der Waals surface area (Å²) < 4.78 is 13.1. The topological polar surface area (TPSA) is 77.8 Å². The van der Waals surface area contributed by atoms with Gasteiger partial charge in [0, 0.05) is 61.8 Å². The van der Waals surface area contributed by atoms with Crippen molar-refractivity contribution < 1.29 is 8.83 Å². The Hall–Kier alpha value is -7.70. The van der Waals surface area contributed by atoms with Crippen molar-refractivity contribution in [2.24, 2.45) is 0 Å². The molecule has 262 valence electrons. The highest BCUT2D eigenvalue weighted by molar-refractivity contribution is 6.11. The molecule has 0 N–H and O–H groups in total. The molecule has 0 spiro atoms. The molecule has 0 aliphatic heterocycles. The summed E-state index contributed by atoms with van der Waals surface area (Å²) in [6, 6.07) is 57.9. The second-order valence-corrected chi connectivity index (χ2v) is 13.9. The van der Waals surface area contributed by atoms with Gasteiger partial charge >= 0.3 is 0 Å². The van der Waals surface area contributed by atoms with E-state index in [0.717, 1.165) is 93.9 Å². The van der Waals surface area contributed by atoms with E-state index in [2.05, 4.69) is 102 Å². The molecule has 0 unspecified atom stereocenters. The van der Waals surface area contributed by atoms with Crippen LogP contribution in [0.3, 0.4) is 0 Å². The van der Waals surface area contributed by atoms with E-state index in [1.54, 1.807) is 6.20 Å². The molecule has 0 aliphatic carbocycles. The normalized spacial score (nSPS) is 11.6. The van der Waals surface area contributed by atoms with Crippen molar-refractivity contribution in [1.29, 1.82) is 0 Å². The van der Waals surface area contributed by atoms with Crippen LogP contribution in [0.4, 0.5) is 0 Å². The van der Waals surface area contributed by atoms with Crippen LogP contribution in [0.15, 0.2) is 191 Å². The van der Waals surface area contributed by atoms with Crippen LogP contribution >= 0.6 is 0 Å². The molecule has 11 aromatic rings. The number of rotatable bonds is 6. The zero-order valence-corrected chi connectivity index (χ0v) is 29.9. The van der Waals surface area contributed by atoms with Crippen molar-refractivity contribution in [2.75, 3.05) is 0 Å². The minimum absolute atomic E-state index is 0.557. The van der Waals surface area contributed by atoms with E-state index >= 15 is 0 Å². The third-order valence-electron chi connectivity index (χ3n) is 10.4. The molecule has 0 bridgehead atoms. The summed E-state index contributed by atoms with van der Waals surface area (Å²) in [5.74, 6) is 1.73. The average Bonchev–Trinajstić information content (AvgIpc) is 3.86. The van der Waals surface area contributed by atoms with E-state index in [4.69, 9.17) is 23.8 Å². The molecule has 0 saturated carbocycles. The number of hydrogen-bond acceptors (Lipinski definition) is 6. The fourth-order valence-corrected chi connectivity index (χ4v) is 7.71. The van der Waals surface area contributed by atoms with Crippen molar-refractivity contribution >= 4 is 43.9 Å². The lowest BCUT2D eigenvalue weighted by Gasteiger charge is -2.13. The van der Waals surface area contributed by atoms with Crippen molar-refractivity contribution in [3.63, 3.8) is 0 Å². The summed E-state index contributed by atoms with van der Waals surface area (Å²) in [6.07, 6.45) is 3.65. The number of benzene rings is 7. The van der Waals surface area contributed by atoms with Crippen LogP contribution < -0.4 is 0 Å². The Bertz CT molecular complexity index is 3110. The maximum atomic E-state index is 6.57. The van der Waals surface area contributed by atoms with Crippen LogP contribution in [-0.2, 0) is 0 Å². The van der Waals surface area contributed by atoms with Gasteiger partial charge in [-0.3, -0.25) is 4.98 Å². The van der Waals surface area contributed by atoms with Gasteiger partial charge in [0.25, 0.3) is 0 Å². The van der Waals surface area contributed by atoms with E-state index in [-0.39, 0.29) is 0 Å². The number of aromatic nitrogens is 4. The predicted molar refractivity (Wildman–Crippen MR) is 225 cm³/mol. The summed E-state index contributed by atoms with van der Waals surface area (Å²) in [4.78, 5) is 19.7. The van der Waals surface area contributed by atoms with Gasteiger partial charge in [0.2, 0.25) is 0 Å². The number of fused-ring (bicyclic) bond motifs is 6. The van der Waals surface area contributed by atoms with Gasteiger partial charge in [0.15, 0.2) is 17.5 Å². The summed E-state index contributed by atoms with van der Waals surface area (Å²) in [7, 11) is 0. The molecule has 4 aromatic heterocycles. The van der Waals surface area contributed by atoms with Crippen LogP contribution in [-0.4, -0.2) is 19.9 Å². The number of furan rings is 2. The Balaban J connectivity index is 1.15. The Morgan fingerprint density at radius 3 is 1.36 bits per heavy atom. The molecule has 0 fully saturated rings. The molecular formula is C50H30N4O2. The molecule has 0 aliphatic rings. The Kier molecular flexibility index (Phi) is 7.38. The van der Waals surface area contributed by atoms with Crippen molar-refractivity contribution in [3.05, 3.63) is 182 Å². The first-order valence-corrected chi connectivity index (χ1v) is 18.5. The van der Waals surface area contributed by atoms with E-state index in [1.807, 2.05) is 79.0 Å². The summed E-state index contributed by atoms with van der Waals surface area (Å²) in [5.41, 5.74) is 12.0. The summed E-state index contributed by atoms with van der Waals surface area (Å²) in [6.45, 7) is 0. The number of hydrogen-bond donors (Lipinski definition) is 0. The third kappa shape index (κ3) is 5.43. The van der Waals surface area contributed by atoms with Gasteiger partial charge in [0.1, 0.15) is 22.3 Å². The third-order valence-corrected chi connectivity index (χ3v) is 10.4. The first-order chi connectivity index (χ1) is 27.7. The van der Waals surface area contributed by atoms with Gasteiger partial charge in [0.05, 0.1) is 0 Å². The highest BCUT2D eigenvalue weighted by Gasteiger charge is 2.19. The minimum Gasteiger partial charge on any atom is -0.455 e. The van der Waals surface area contributed by atoms with Crippen molar-refractivity contribution in [2.45, 2.75) is 0 Å². The lowest BCUT2D eigenvalue weighted by Crippen LogP contribution is -2.00. The van der Waals surface area contributed by atoms with E-state index in [0.29, 0.717) is 17.5 Å². The highest BCUT2D eigenvalue weighted by atomic mass is 16.3. The zero-order chi connectivity index (χ0) is 37.0. The van der Waals surface area contributed by atoms with Crippen LogP contribution in [0.2, 0.25) is 0 Å². The number of nitrogens with zero attached hydrogens (tertiary/aromatic N) is 4. The largest absolute Gasteiger partial charge is 0.455 e. The SMILES string of the molecule is c1ccc(-c2nc(-c3ccc(-c4cccnc4)cc3)nc(-c3cc(-c4cccc5c4oc4ccccc45)cc(-c4cccc5c4oc4ccccc45)c3)n2)cc1. The molecule has 0 radical (unpaired) electrons. The maximum absolute atomic E-state index is 6.57.